The summed E-state index contributed by atoms with van der Waals surface area (Å²) in [5, 5.41) is 4.16. The van der Waals surface area contributed by atoms with Crippen LogP contribution in [-0.2, 0) is 16.0 Å². The molecule has 1 aromatic heterocycles. The molecule has 1 aliphatic rings. The van der Waals surface area contributed by atoms with Gasteiger partial charge in [0.15, 0.2) is 5.13 Å². The zero-order valence-corrected chi connectivity index (χ0v) is 16.8. The van der Waals surface area contributed by atoms with Crippen LogP contribution < -0.4 is 11.1 Å². The lowest BCUT2D eigenvalue weighted by atomic mass is 9.54. The van der Waals surface area contributed by atoms with Crippen molar-refractivity contribution in [2.24, 2.45) is 11.1 Å². The molecule has 1 heterocycles. The van der Waals surface area contributed by atoms with Gasteiger partial charge < -0.3 is 15.8 Å². The molecule has 1 saturated carbocycles. The Morgan fingerprint density at radius 2 is 2.19 bits per heavy atom. The molecule has 3 N–H and O–H groups in total. The molecule has 1 aromatic carbocycles. The average molecular weight is 394 g/mol. The first-order valence-corrected chi connectivity index (χ1v) is 9.87. The number of ether oxygens (including phenoxy) is 1. The Hall–Kier alpha value is -1.47. The van der Waals surface area contributed by atoms with Gasteiger partial charge in [0.05, 0.1) is 6.10 Å². The molecule has 7 heteroatoms. The van der Waals surface area contributed by atoms with Crippen LogP contribution in [0, 0.1) is 5.41 Å². The first-order valence-electron chi connectivity index (χ1n) is 8.68. The number of rotatable bonds is 6. The van der Waals surface area contributed by atoms with Gasteiger partial charge in [0.2, 0.25) is 5.91 Å². The van der Waals surface area contributed by atoms with Crippen LogP contribution in [0.3, 0.4) is 0 Å². The third-order valence-electron chi connectivity index (χ3n) is 5.33. The first kappa shape index (κ1) is 19.3. The van der Waals surface area contributed by atoms with E-state index in [4.69, 9.17) is 22.1 Å². The number of hydrogen-bond donors (Lipinski definition) is 2. The minimum Gasteiger partial charge on any atom is -0.378 e. The van der Waals surface area contributed by atoms with E-state index >= 15 is 0 Å². The van der Waals surface area contributed by atoms with Gasteiger partial charge in [0, 0.05) is 41.0 Å². The van der Waals surface area contributed by atoms with Crippen molar-refractivity contribution in [2.75, 3.05) is 11.9 Å². The number of halogens is 1. The molecular weight excluding hydrogens is 370 g/mol. The maximum atomic E-state index is 12.8. The molecule has 1 amide bonds. The predicted molar refractivity (Wildman–Crippen MR) is 106 cm³/mol. The quantitative estimate of drug-likeness (QED) is 0.781. The van der Waals surface area contributed by atoms with E-state index in [1.165, 1.54) is 11.3 Å². The largest absolute Gasteiger partial charge is 0.378 e. The van der Waals surface area contributed by atoms with E-state index in [0.29, 0.717) is 24.6 Å². The van der Waals surface area contributed by atoms with Gasteiger partial charge in [-0.2, -0.15) is 0 Å². The fraction of sp³-hybridized carbons (Fsp3) is 0.474. The summed E-state index contributed by atoms with van der Waals surface area (Å²) in [4.78, 5) is 18.1. The molecular formula is C19H24ClN3O2S. The third kappa shape index (κ3) is 3.39. The summed E-state index contributed by atoms with van der Waals surface area (Å²) in [6, 6.07) is 7.71. The molecule has 3 rings (SSSR count). The van der Waals surface area contributed by atoms with Crippen LogP contribution in [0.25, 0.3) is 0 Å². The molecule has 5 nitrogen and oxygen atoms in total. The molecule has 0 radical (unpaired) electrons. The molecule has 2 aromatic rings. The van der Waals surface area contributed by atoms with Crippen molar-refractivity contribution >= 4 is 34.0 Å². The second-order valence-corrected chi connectivity index (χ2v) is 8.72. The molecule has 0 spiro atoms. The second-order valence-electron chi connectivity index (χ2n) is 7.20. The van der Waals surface area contributed by atoms with E-state index in [1.807, 2.05) is 45.0 Å². The predicted octanol–water partition coefficient (Wildman–Crippen LogP) is 3.86. The van der Waals surface area contributed by atoms with Crippen LogP contribution in [0.1, 0.15) is 37.6 Å². The van der Waals surface area contributed by atoms with Gasteiger partial charge in [0.1, 0.15) is 5.54 Å². The van der Waals surface area contributed by atoms with Crippen molar-refractivity contribution in [3.05, 3.63) is 45.9 Å². The van der Waals surface area contributed by atoms with Crippen LogP contribution in [0.15, 0.2) is 30.5 Å². The number of anilines is 1. The normalized spacial score (nSPS) is 24.1. The number of thiazole rings is 1. The fourth-order valence-corrected chi connectivity index (χ4v) is 4.34. The fourth-order valence-electron chi connectivity index (χ4n) is 3.31. The Morgan fingerprint density at radius 1 is 1.46 bits per heavy atom. The third-order valence-corrected chi connectivity index (χ3v) is 6.61. The summed E-state index contributed by atoms with van der Waals surface area (Å²) in [7, 11) is 0. The summed E-state index contributed by atoms with van der Waals surface area (Å²) in [5.41, 5.74) is 6.06. The number of nitrogens with two attached hydrogens (primary N) is 1. The second kappa shape index (κ2) is 7.27. The van der Waals surface area contributed by atoms with Crippen LogP contribution in [0.2, 0.25) is 5.02 Å². The highest BCUT2D eigenvalue weighted by atomic mass is 35.5. The molecule has 0 saturated heterocycles. The standard InChI is InChI=1S/C19H24ClN3O2S/c1-4-25-15-10-19(21,18(15,2)3)16(24)23-17-22-11-13(26-17)9-12-7-5-6-8-14(12)20/h5-8,11,15H,4,9-10,21H2,1-3H3,(H,22,23,24). The van der Waals surface area contributed by atoms with Crippen molar-refractivity contribution < 1.29 is 9.53 Å². The molecule has 1 aliphatic carbocycles. The van der Waals surface area contributed by atoms with Crippen LogP contribution in [0.4, 0.5) is 5.13 Å². The highest BCUT2D eigenvalue weighted by molar-refractivity contribution is 7.15. The van der Waals surface area contributed by atoms with Crippen molar-refractivity contribution in [3.63, 3.8) is 0 Å². The number of nitrogens with one attached hydrogen (secondary N) is 1. The monoisotopic (exact) mass is 393 g/mol. The number of carbonyl (C=O) groups excluding carboxylic acids is 1. The van der Waals surface area contributed by atoms with Crippen molar-refractivity contribution in [1.82, 2.24) is 4.98 Å². The average Bonchev–Trinajstić information content (AvgIpc) is 3.03. The van der Waals surface area contributed by atoms with E-state index in [1.54, 1.807) is 6.20 Å². The smallest absolute Gasteiger partial charge is 0.246 e. The molecule has 2 atom stereocenters. The lowest BCUT2D eigenvalue weighted by Crippen LogP contribution is -2.74. The van der Waals surface area contributed by atoms with Gasteiger partial charge in [-0.25, -0.2) is 4.98 Å². The Kier molecular flexibility index (Phi) is 5.40. The van der Waals surface area contributed by atoms with Crippen molar-refractivity contribution in [2.45, 2.75) is 45.3 Å². The number of nitrogens with zero attached hydrogens (tertiary/aromatic N) is 1. The highest BCUT2D eigenvalue weighted by Crippen LogP contribution is 2.50. The number of aromatic nitrogens is 1. The van der Waals surface area contributed by atoms with E-state index in [2.05, 4.69) is 10.3 Å². The maximum Gasteiger partial charge on any atom is 0.246 e. The minimum absolute atomic E-state index is 0.00433. The lowest BCUT2D eigenvalue weighted by Gasteiger charge is -2.57. The van der Waals surface area contributed by atoms with E-state index in [-0.39, 0.29) is 12.0 Å². The van der Waals surface area contributed by atoms with Crippen LogP contribution in [0.5, 0.6) is 0 Å². The van der Waals surface area contributed by atoms with Crippen LogP contribution >= 0.6 is 22.9 Å². The summed E-state index contributed by atoms with van der Waals surface area (Å²) in [5.74, 6) is -0.211. The highest BCUT2D eigenvalue weighted by Gasteiger charge is 2.63. The minimum atomic E-state index is -0.957. The Bertz CT molecular complexity index is 808. The number of carbonyl (C=O) groups is 1. The number of hydrogen-bond acceptors (Lipinski definition) is 5. The van der Waals surface area contributed by atoms with E-state index in [9.17, 15) is 4.79 Å². The Morgan fingerprint density at radius 3 is 2.85 bits per heavy atom. The number of benzene rings is 1. The first-order chi connectivity index (χ1) is 12.3. The number of amides is 1. The Labute approximate surface area is 162 Å². The van der Waals surface area contributed by atoms with Gasteiger partial charge in [-0.3, -0.25) is 4.79 Å². The summed E-state index contributed by atoms with van der Waals surface area (Å²) < 4.78 is 5.69. The molecule has 0 aliphatic heterocycles. The maximum absolute atomic E-state index is 12.8. The van der Waals surface area contributed by atoms with Gasteiger partial charge >= 0.3 is 0 Å². The Balaban J connectivity index is 1.66. The zero-order valence-electron chi connectivity index (χ0n) is 15.2. The topological polar surface area (TPSA) is 77.2 Å². The van der Waals surface area contributed by atoms with Gasteiger partial charge in [-0.05, 0) is 18.6 Å². The van der Waals surface area contributed by atoms with E-state index in [0.717, 1.165) is 15.5 Å². The molecule has 1 fully saturated rings. The zero-order chi connectivity index (χ0) is 18.9. The van der Waals surface area contributed by atoms with Gasteiger partial charge in [0.25, 0.3) is 0 Å². The van der Waals surface area contributed by atoms with Crippen LogP contribution in [-0.4, -0.2) is 29.1 Å². The molecule has 0 bridgehead atoms. The molecule has 2 unspecified atom stereocenters. The molecule has 140 valence electrons. The van der Waals surface area contributed by atoms with E-state index < -0.39 is 11.0 Å². The summed E-state index contributed by atoms with van der Waals surface area (Å²) in [6.45, 7) is 6.51. The van der Waals surface area contributed by atoms with Crippen molar-refractivity contribution in [3.8, 4) is 0 Å². The summed E-state index contributed by atoms with van der Waals surface area (Å²) >= 11 is 7.65. The lowest BCUT2D eigenvalue weighted by molar-refractivity contribution is -0.166. The van der Waals surface area contributed by atoms with Gasteiger partial charge in [-0.15, -0.1) is 11.3 Å². The van der Waals surface area contributed by atoms with Gasteiger partial charge in [-0.1, -0.05) is 43.6 Å². The summed E-state index contributed by atoms with van der Waals surface area (Å²) in [6.07, 6.45) is 2.95. The van der Waals surface area contributed by atoms with Crippen molar-refractivity contribution in [1.29, 1.82) is 0 Å². The SMILES string of the molecule is CCOC1CC(N)(C(=O)Nc2ncc(Cc3ccccc3Cl)s2)C1(C)C. The molecule has 26 heavy (non-hydrogen) atoms.